The summed E-state index contributed by atoms with van der Waals surface area (Å²) in [4.78, 5) is 46.0. The lowest BCUT2D eigenvalue weighted by atomic mass is 10.2. The fourth-order valence-corrected chi connectivity index (χ4v) is 2.30. The Morgan fingerprint density at radius 2 is 1.84 bits per heavy atom. The van der Waals surface area contributed by atoms with Crippen LogP contribution in [-0.4, -0.2) is 40.6 Å². The molecule has 9 nitrogen and oxygen atoms in total. The van der Waals surface area contributed by atoms with Gasteiger partial charge in [0.05, 0.1) is 7.11 Å². The van der Waals surface area contributed by atoms with E-state index in [4.69, 9.17) is 18.0 Å². The number of carbonyl (C=O) groups excluding carboxylic acids is 4. The van der Waals surface area contributed by atoms with Crippen LogP contribution in [0.5, 0.6) is 0 Å². The minimum Gasteiger partial charge on any atom is -0.453 e. The Labute approximate surface area is 153 Å². The summed E-state index contributed by atoms with van der Waals surface area (Å²) in [5, 5.41) is 5.48. The monoisotopic (exact) mass is 384 g/mol. The Morgan fingerprint density at radius 3 is 2.40 bits per heavy atom. The summed E-state index contributed by atoms with van der Waals surface area (Å²) in [7, 11) is 1.14. The molecule has 5 N–H and O–H groups in total. The topological polar surface area (TPSA) is 140 Å². The van der Waals surface area contributed by atoms with E-state index in [0.717, 1.165) is 7.11 Å². The van der Waals surface area contributed by atoms with Crippen LogP contribution in [-0.2, 0) is 14.3 Å². The number of methoxy groups -OCH3 is 1. The average Bonchev–Trinajstić information content (AvgIpc) is 2.54. The molecule has 3 amide bonds. The number of nitrogens with two attached hydrogens (primary N) is 1. The maximum Gasteiger partial charge on any atom is 0.413 e. The molecule has 0 aromatic heterocycles. The van der Waals surface area contributed by atoms with Gasteiger partial charge in [-0.3, -0.25) is 19.7 Å². The number of nitrogens with one attached hydrogen (secondary N) is 3. The lowest BCUT2D eigenvalue weighted by molar-refractivity contribution is -0.122. The average molecular weight is 384 g/mol. The minimum atomic E-state index is -1.04. The maximum atomic E-state index is 12.3. The van der Waals surface area contributed by atoms with Gasteiger partial charge in [-0.1, -0.05) is 18.2 Å². The van der Waals surface area contributed by atoms with Gasteiger partial charge < -0.3 is 21.1 Å². The fourth-order valence-electron chi connectivity index (χ4n) is 1.64. The molecule has 0 bridgehead atoms. The number of anilines is 1. The molecular formula is C14H16N4O5S2. The predicted molar refractivity (Wildman–Crippen MR) is 96.9 cm³/mol. The molecular weight excluding hydrogens is 368 g/mol. The summed E-state index contributed by atoms with van der Waals surface area (Å²) in [6, 6.07) is 7.60. The van der Waals surface area contributed by atoms with E-state index in [1.807, 2.05) is 0 Å². The van der Waals surface area contributed by atoms with E-state index in [9.17, 15) is 19.2 Å². The summed E-state index contributed by atoms with van der Waals surface area (Å²) in [6.45, 7) is 0. The summed E-state index contributed by atoms with van der Waals surface area (Å²) in [6.07, 6.45) is -1.17. The molecule has 0 aliphatic carbocycles. The molecule has 1 rings (SSSR count). The second-order valence-corrected chi connectivity index (χ2v) is 5.97. The van der Waals surface area contributed by atoms with E-state index < -0.39 is 28.4 Å². The predicted octanol–water partition coefficient (Wildman–Crippen LogP) is 0.953. The van der Waals surface area contributed by atoms with Crippen LogP contribution in [0.2, 0.25) is 0 Å². The first-order chi connectivity index (χ1) is 11.8. The van der Waals surface area contributed by atoms with Gasteiger partial charge in [0.2, 0.25) is 11.0 Å². The van der Waals surface area contributed by atoms with Gasteiger partial charge in [0.1, 0.15) is 6.04 Å². The molecule has 0 saturated heterocycles. The van der Waals surface area contributed by atoms with Crippen molar-refractivity contribution < 1.29 is 23.9 Å². The summed E-state index contributed by atoms with van der Waals surface area (Å²) >= 11 is 5.11. The van der Waals surface area contributed by atoms with Gasteiger partial charge in [-0.15, -0.1) is 0 Å². The first-order valence-electron chi connectivity index (χ1n) is 6.83. The van der Waals surface area contributed by atoms with Gasteiger partial charge in [-0.05, 0) is 24.4 Å². The highest BCUT2D eigenvalue weighted by atomic mass is 32.2. The van der Waals surface area contributed by atoms with Crippen molar-refractivity contribution in [1.29, 1.82) is 0 Å². The number of para-hydroxylation sites is 1. The second-order valence-electron chi connectivity index (χ2n) is 4.50. The van der Waals surface area contributed by atoms with Gasteiger partial charge in [0, 0.05) is 23.9 Å². The SMILES string of the molecule is COC(=O)NC(=S)NC(=O)C(CC(=O)SC(N)=O)Nc1ccccc1. The Bertz CT molecular complexity index is 668. The van der Waals surface area contributed by atoms with Crippen molar-refractivity contribution in [3.8, 4) is 0 Å². The summed E-state index contributed by atoms with van der Waals surface area (Å²) in [5.74, 6) is -0.677. The quantitative estimate of drug-likeness (QED) is 0.550. The van der Waals surface area contributed by atoms with E-state index >= 15 is 0 Å². The third-order valence-electron chi connectivity index (χ3n) is 2.65. The highest BCUT2D eigenvalue weighted by Gasteiger charge is 2.24. The van der Waals surface area contributed by atoms with E-state index in [1.165, 1.54) is 0 Å². The number of benzene rings is 1. The van der Waals surface area contributed by atoms with Gasteiger partial charge >= 0.3 is 6.09 Å². The van der Waals surface area contributed by atoms with Crippen molar-refractivity contribution >= 4 is 57.1 Å². The fraction of sp³-hybridized carbons (Fsp3) is 0.214. The Morgan fingerprint density at radius 1 is 1.20 bits per heavy atom. The largest absolute Gasteiger partial charge is 0.453 e. The first kappa shape index (κ1) is 20.4. The van der Waals surface area contributed by atoms with E-state index in [2.05, 4.69) is 20.7 Å². The van der Waals surface area contributed by atoms with Crippen LogP contribution in [0.1, 0.15) is 6.42 Å². The number of alkyl carbamates (subject to hydrolysis) is 1. The van der Waals surface area contributed by atoms with Gasteiger partial charge in [0.25, 0.3) is 5.24 Å². The Kier molecular flexibility index (Phi) is 8.36. The Hall–Kier alpha value is -2.66. The zero-order valence-corrected chi connectivity index (χ0v) is 14.7. The van der Waals surface area contributed by atoms with Crippen molar-refractivity contribution in [1.82, 2.24) is 10.6 Å². The van der Waals surface area contributed by atoms with Crippen molar-refractivity contribution in [3.05, 3.63) is 30.3 Å². The molecule has 0 spiro atoms. The van der Waals surface area contributed by atoms with Crippen molar-refractivity contribution in [2.24, 2.45) is 5.73 Å². The smallest absolute Gasteiger partial charge is 0.413 e. The van der Waals surface area contributed by atoms with E-state index in [1.54, 1.807) is 30.3 Å². The van der Waals surface area contributed by atoms with Crippen LogP contribution in [0.4, 0.5) is 15.3 Å². The van der Waals surface area contributed by atoms with Crippen molar-refractivity contribution in [2.45, 2.75) is 12.5 Å². The number of hydrogen-bond acceptors (Lipinski definition) is 8. The van der Waals surface area contributed by atoms with Gasteiger partial charge in [-0.25, -0.2) is 4.79 Å². The normalized spacial score (nSPS) is 10.9. The third-order valence-corrected chi connectivity index (χ3v) is 3.45. The molecule has 1 aromatic carbocycles. The number of rotatable bonds is 5. The van der Waals surface area contributed by atoms with E-state index in [-0.39, 0.29) is 11.5 Å². The summed E-state index contributed by atoms with van der Waals surface area (Å²) in [5.41, 5.74) is 5.52. The van der Waals surface area contributed by atoms with E-state index in [0.29, 0.717) is 17.4 Å². The van der Waals surface area contributed by atoms with Crippen LogP contribution in [0.15, 0.2) is 30.3 Å². The third kappa shape index (κ3) is 8.13. The molecule has 0 aliphatic heterocycles. The highest BCUT2D eigenvalue weighted by molar-refractivity contribution is 8.26. The molecule has 1 unspecified atom stereocenters. The molecule has 25 heavy (non-hydrogen) atoms. The number of amides is 3. The number of carbonyl (C=O) groups is 4. The van der Waals surface area contributed by atoms with Crippen LogP contribution in [0.3, 0.4) is 0 Å². The Balaban J connectivity index is 2.79. The van der Waals surface area contributed by atoms with Gasteiger partial charge in [0.15, 0.2) is 5.11 Å². The zero-order valence-electron chi connectivity index (χ0n) is 13.1. The molecule has 0 heterocycles. The molecule has 0 radical (unpaired) electrons. The van der Waals surface area contributed by atoms with Crippen LogP contribution in [0.25, 0.3) is 0 Å². The summed E-state index contributed by atoms with van der Waals surface area (Å²) < 4.78 is 4.35. The standard InChI is InChI=1S/C14H16N4O5S2/c1-23-14(22)18-13(24)17-11(20)9(7-10(19)25-12(15)21)16-8-5-3-2-4-6-8/h2-6,9,16H,7H2,1H3,(H2,15,21)(H2,17,18,20,22,24). The number of ether oxygens (including phenoxy) is 1. The molecule has 1 atom stereocenters. The maximum absolute atomic E-state index is 12.3. The van der Waals surface area contributed by atoms with Gasteiger partial charge in [-0.2, -0.15) is 0 Å². The van der Waals surface area contributed by atoms with Crippen LogP contribution in [0, 0.1) is 0 Å². The molecule has 0 saturated carbocycles. The highest BCUT2D eigenvalue weighted by Crippen LogP contribution is 2.13. The molecule has 134 valence electrons. The molecule has 0 fully saturated rings. The first-order valence-corrected chi connectivity index (χ1v) is 8.05. The second kappa shape index (κ2) is 10.3. The lowest BCUT2D eigenvalue weighted by Gasteiger charge is -2.19. The number of thiocarbonyl (C=S) groups is 1. The number of hydrogen-bond donors (Lipinski definition) is 4. The van der Waals surface area contributed by atoms with Crippen molar-refractivity contribution in [3.63, 3.8) is 0 Å². The van der Waals surface area contributed by atoms with Crippen LogP contribution < -0.4 is 21.7 Å². The number of primary amides is 1. The zero-order chi connectivity index (χ0) is 18.8. The number of thioether (sulfide) groups is 1. The molecule has 11 heteroatoms. The van der Waals surface area contributed by atoms with Crippen molar-refractivity contribution in [2.75, 3.05) is 12.4 Å². The lowest BCUT2D eigenvalue weighted by Crippen LogP contribution is -2.48. The molecule has 1 aromatic rings. The minimum absolute atomic E-state index is 0.285. The molecule has 0 aliphatic rings. The van der Waals surface area contributed by atoms with Crippen LogP contribution >= 0.6 is 24.0 Å².